The van der Waals surface area contributed by atoms with Crippen LogP contribution in [0.5, 0.6) is 0 Å². The van der Waals surface area contributed by atoms with E-state index in [4.69, 9.17) is 11.5 Å². The van der Waals surface area contributed by atoms with Gasteiger partial charge < -0.3 is 22.1 Å². The second kappa shape index (κ2) is 11.6. The molecule has 0 bridgehead atoms. The van der Waals surface area contributed by atoms with Gasteiger partial charge in [-0.1, -0.05) is 36.4 Å². The third kappa shape index (κ3) is 7.11. The maximum absolute atomic E-state index is 13.6. The summed E-state index contributed by atoms with van der Waals surface area (Å²) in [6.07, 6.45) is -0.613. The summed E-state index contributed by atoms with van der Waals surface area (Å²) >= 11 is 0. The summed E-state index contributed by atoms with van der Waals surface area (Å²) < 4.78 is 53.6. The molecule has 10 heteroatoms. The molecule has 0 fully saturated rings. The van der Waals surface area contributed by atoms with Crippen LogP contribution >= 0.6 is 0 Å². The minimum atomic E-state index is -1.68. The van der Waals surface area contributed by atoms with Gasteiger partial charge in [0.15, 0.2) is 17.5 Å². The van der Waals surface area contributed by atoms with Crippen LogP contribution in [0.3, 0.4) is 0 Å². The van der Waals surface area contributed by atoms with E-state index < -0.39 is 46.9 Å². The van der Waals surface area contributed by atoms with E-state index in [9.17, 15) is 22.4 Å². The van der Waals surface area contributed by atoms with E-state index in [-0.39, 0.29) is 18.9 Å². The maximum atomic E-state index is 13.6. The zero-order chi connectivity index (χ0) is 25.5. The molecule has 3 aromatic rings. The number of hydrogen-bond donors (Lipinski definition) is 4. The molecule has 6 nitrogen and oxygen atoms in total. The number of aliphatic imine (C=N–C) groups is 1. The van der Waals surface area contributed by atoms with Crippen LogP contribution in [-0.2, 0) is 6.54 Å². The molecular weight excluding hydrogens is 462 g/mol. The van der Waals surface area contributed by atoms with Crippen LogP contribution in [0, 0.1) is 30.2 Å². The van der Waals surface area contributed by atoms with E-state index in [1.165, 1.54) is 12.1 Å². The summed E-state index contributed by atoms with van der Waals surface area (Å²) in [5.41, 5.74) is 14.4. The molecule has 0 aliphatic rings. The van der Waals surface area contributed by atoms with E-state index >= 15 is 0 Å². The van der Waals surface area contributed by atoms with Gasteiger partial charge in [-0.05, 0) is 54.3 Å². The third-order valence-electron chi connectivity index (χ3n) is 5.28. The lowest BCUT2D eigenvalue weighted by molar-refractivity contribution is 0.100. The van der Waals surface area contributed by atoms with Crippen molar-refractivity contribution in [1.82, 2.24) is 10.6 Å². The fourth-order valence-corrected chi connectivity index (χ4v) is 3.31. The second-order valence-corrected chi connectivity index (χ2v) is 7.94. The number of benzene rings is 3. The van der Waals surface area contributed by atoms with E-state index in [0.717, 1.165) is 11.1 Å². The van der Waals surface area contributed by atoms with Crippen LogP contribution in [0.4, 0.5) is 17.6 Å². The predicted octanol–water partition coefficient (Wildman–Crippen LogP) is 3.80. The highest BCUT2D eigenvalue weighted by atomic mass is 19.2. The van der Waals surface area contributed by atoms with Gasteiger partial charge in [-0.3, -0.25) is 4.79 Å². The molecule has 0 aliphatic heterocycles. The molecule has 2 unspecified atom stereocenters. The Morgan fingerprint density at radius 1 is 0.971 bits per heavy atom. The highest BCUT2D eigenvalue weighted by Gasteiger charge is 2.18. The van der Waals surface area contributed by atoms with Crippen molar-refractivity contribution < 1.29 is 22.4 Å². The maximum Gasteiger partial charge on any atom is 0.280 e. The smallest absolute Gasteiger partial charge is 0.280 e. The fraction of sp³-hybridized carbons (Fsp3) is 0.200. The normalized spacial score (nSPS) is 13.3. The number of carbonyl (C=O) groups is 1. The average molecular weight is 488 g/mol. The summed E-state index contributed by atoms with van der Waals surface area (Å²) in [5, 5.41) is 5.80. The summed E-state index contributed by atoms with van der Waals surface area (Å²) in [7, 11) is 0. The van der Waals surface area contributed by atoms with Gasteiger partial charge in [0, 0.05) is 18.2 Å². The highest BCUT2D eigenvalue weighted by Crippen LogP contribution is 2.16. The van der Waals surface area contributed by atoms with Gasteiger partial charge in [-0.15, -0.1) is 0 Å². The lowest BCUT2D eigenvalue weighted by atomic mass is 10.0. The Morgan fingerprint density at radius 2 is 1.60 bits per heavy atom. The number of nitrogens with zero attached hydrogens (tertiary/aromatic N) is 1. The minimum Gasteiger partial charge on any atom is -0.352 e. The fourth-order valence-electron chi connectivity index (χ4n) is 3.31. The molecule has 0 spiro atoms. The third-order valence-corrected chi connectivity index (χ3v) is 5.28. The molecule has 3 aromatic carbocycles. The molecule has 0 saturated carbocycles. The van der Waals surface area contributed by atoms with Crippen molar-refractivity contribution >= 4 is 11.9 Å². The molecule has 0 aliphatic carbocycles. The Hall–Kier alpha value is -3.76. The molecule has 0 saturated heterocycles. The summed E-state index contributed by atoms with van der Waals surface area (Å²) in [4.78, 5) is 16.4. The van der Waals surface area contributed by atoms with Gasteiger partial charge in [0.05, 0.1) is 6.17 Å². The first-order valence-electron chi connectivity index (χ1n) is 10.7. The number of amides is 1. The van der Waals surface area contributed by atoms with Crippen LogP contribution in [-0.4, -0.2) is 18.0 Å². The van der Waals surface area contributed by atoms with E-state index in [1.54, 1.807) is 12.1 Å². The summed E-state index contributed by atoms with van der Waals surface area (Å²) in [6.45, 7) is 2.17. The predicted molar refractivity (Wildman–Crippen MR) is 125 cm³/mol. The van der Waals surface area contributed by atoms with Crippen LogP contribution < -0.4 is 22.1 Å². The molecule has 35 heavy (non-hydrogen) atoms. The second-order valence-electron chi connectivity index (χ2n) is 7.94. The summed E-state index contributed by atoms with van der Waals surface area (Å²) in [6, 6.07) is 13.7. The molecule has 0 heterocycles. The largest absolute Gasteiger partial charge is 0.352 e. The molecule has 184 valence electrons. The molecule has 0 radical (unpaired) electrons. The van der Waals surface area contributed by atoms with Crippen molar-refractivity contribution in [3.05, 3.63) is 106 Å². The van der Waals surface area contributed by atoms with Crippen molar-refractivity contribution in [3.8, 4) is 0 Å². The SMILES string of the molecule is Cc1ccccc1CN/C(=N/C(=O)c1cc(F)c(F)c(F)c1)NC(N)CC(N)c1ccc(F)cc1. The molecule has 1 amide bonds. The molecule has 3 rings (SSSR count). The Kier molecular flexibility index (Phi) is 8.56. The average Bonchev–Trinajstić information content (AvgIpc) is 2.81. The topological polar surface area (TPSA) is 106 Å². The lowest BCUT2D eigenvalue weighted by Gasteiger charge is -2.21. The first kappa shape index (κ1) is 25.9. The molecule has 2 atom stereocenters. The van der Waals surface area contributed by atoms with E-state index in [0.29, 0.717) is 17.7 Å². The number of carbonyl (C=O) groups excluding carboxylic acids is 1. The Bertz CT molecular complexity index is 1190. The van der Waals surface area contributed by atoms with Gasteiger partial charge >= 0.3 is 0 Å². The highest BCUT2D eigenvalue weighted by molar-refractivity contribution is 6.02. The van der Waals surface area contributed by atoms with Gasteiger partial charge in [0.2, 0.25) is 5.96 Å². The number of aryl methyl sites for hydroxylation is 1. The Morgan fingerprint density at radius 3 is 2.23 bits per heavy atom. The first-order valence-corrected chi connectivity index (χ1v) is 10.7. The van der Waals surface area contributed by atoms with E-state index in [1.807, 2.05) is 31.2 Å². The Balaban J connectivity index is 1.79. The van der Waals surface area contributed by atoms with Gasteiger partial charge in [-0.2, -0.15) is 4.99 Å². The zero-order valence-electron chi connectivity index (χ0n) is 18.9. The Labute approximate surface area is 200 Å². The van der Waals surface area contributed by atoms with Crippen LogP contribution in [0.15, 0.2) is 65.7 Å². The number of halogens is 4. The lowest BCUT2D eigenvalue weighted by Crippen LogP contribution is -2.49. The van der Waals surface area contributed by atoms with Crippen molar-refractivity contribution in [1.29, 1.82) is 0 Å². The van der Waals surface area contributed by atoms with Crippen LogP contribution in [0.25, 0.3) is 0 Å². The zero-order valence-corrected chi connectivity index (χ0v) is 18.9. The number of rotatable bonds is 7. The number of hydrogen-bond acceptors (Lipinski definition) is 3. The molecular formula is C25H25F4N5O. The van der Waals surface area contributed by atoms with Crippen molar-refractivity contribution in [2.75, 3.05) is 0 Å². The van der Waals surface area contributed by atoms with Crippen molar-refractivity contribution in [2.24, 2.45) is 16.5 Å². The quantitative estimate of drug-likeness (QED) is 0.133. The van der Waals surface area contributed by atoms with Crippen LogP contribution in [0.1, 0.15) is 39.5 Å². The number of nitrogens with two attached hydrogens (primary N) is 2. The van der Waals surface area contributed by atoms with Crippen molar-refractivity contribution in [2.45, 2.75) is 32.1 Å². The van der Waals surface area contributed by atoms with Crippen LogP contribution in [0.2, 0.25) is 0 Å². The van der Waals surface area contributed by atoms with Gasteiger partial charge in [-0.25, -0.2) is 17.6 Å². The monoisotopic (exact) mass is 487 g/mol. The minimum absolute atomic E-state index is 0.0674. The number of nitrogens with one attached hydrogen (secondary N) is 2. The van der Waals surface area contributed by atoms with E-state index in [2.05, 4.69) is 15.6 Å². The standard InChI is InChI=1S/C25H25F4N5O/c1-14-4-2-3-5-16(14)13-32-25(34-24(35)17-10-19(27)23(29)20(28)11-17)33-22(31)12-21(30)15-6-8-18(26)9-7-15/h2-11,21-22H,12-13,30-31H2,1H3,(H2,32,33,34,35). The van der Waals surface area contributed by atoms with Gasteiger partial charge in [0.1, 0.15) is 5.82 Å². The van der Waals surface area contributed by atoms with Gasteiger partial charge in [0.25, 0.3) is 5.91 Å². The first-order chi connectivity index (χ1) is 16.6. The molecule has 6 N–H and O–H groups in total. The number of guanidine groups is 1. The summed E-state index contributed by atoms with van der Waals surface area (Å²) in [5.74, 6) is -6.18. The van der Waals surface area contributed by atoms with Crippen molar-refractivity contribution in [3.63, 3.8) is 0 Å². The molecule has 0 aromatic heterocycles.